The molecule has 1 aliphatic carbocycles. The molecule has 1 atom stereocenters. The average molecular weight is 790 g/mol. The zero-order valence-electron chi connectivity index (χ0n) is 33.8. The fraction of sp³-hybridized carbons (Fsp3) is 0.0333. The number of ether oxygens (including phenoxy) is 1. The van der Waals surface area contributed by atoms with E-state index in [9.17, 15) is 0 Å². The Morgan fingerprint density at radius 2 is 0.984 bits per heavy atom. The highest BCUT2D eigenvalue weighted by Crippen LogP contribution is 2.58. The van der Waals surface area contributed by atoms with Gasteiger partial charge in [-0.2, -0.15) is 0 Å². The Morgan fingerprint density at radius 1 is 0.371 bits per heavy atom. The molecule has 1 unspecified atom stereocenters. The molecule has 0 radical (unpaired) electrons. The molecule has 0 fully saturated rings. The molecule has 0 aromatic heterocycles. The molecule has 0 amide bonds. The molecule has 0 bridgehead atoms. The topological polar surface area (TPSA) is 21.3 Å². The van der Waals surface area contributed by atoms with Gasteiger partial charge in [-0.25, -0.2) is 0 Å². The summed E-state index contributed by atoms with van der Waals surface area (Å²) in [5, 5.41) is 13.3. The van der Waals surface area contributed by atoms with Crippen molar-refractivity contribution in [2.75, 3.05) is 5.32 Å². The Labute approximate surface area is 360 Å². The summed E-state index contributed by atoms with van der Waals surface area (Å²) in [4.78, 5) is 0. The SMILES string of the molecule is c1ccc(C2Nc3ccc4ccc5ccc(-c6cc(-c7ccc8c(c7)C(c7ccccc7)(c7ccccc7)c7cc9ccccc9cc7-8)c7ccccc7c6)cc5c4c3O2)cc1. The van der Waals surface area contributed by atoms with E-state index in [0.29, 0.717) is 0 Å². The molecule has 1 aliphatic heterocycles. The van der Waals surface area contributed by atoms with E-state index in [1.54, 1.807) is 0 Å². The number of benzene rings is 11. The van der Waals surface area contributed by atoms with Crippen molar-refractivity contribution in [3.05, 3.63) is 252 Å². The second-order valence-corrected chi connectivity index (χ2v) is 16.8. The van der Waals surface area contributed by atoms with E-state index < -0.39 is 5.41 Å². The third-order valence-corrected chi connectivity index (χ3v) is 13.5. The molecular weight excluding hydrogens is 751 g/mol. The standard InChI is InChI=1S/C60H39NO/c1-4-14-40(15-5-1)59-61-56-31-29-39-26-24-38-25-27-43(33-52(38)57(39)58(56)62-59)46-32-44-18-12-13-23-49(44)51(35-46)45-28-30-50-53-34-41-16-10-11-17-42(41)36-55(53)60(54(50)37-45,47-19-6-2-7-20-47)48-21-8-3-9-22-48/h1-37,59,61H. The molecule has 0 spiro atoms. The summed E-state index contributed by atoms with van der Waals surface area (Å²) in [6, 6.07) is 82.8. The fourth-order valence-corrected chi connectivity index (χ4v) is 10.7. The third kappa shape index (κ3) is 5.17. The Hall–Kier alpha value is -7.94. The minimum absolute atomic E-state index is 0.236. The minimum atomic E-state index is -0.517. The van der Waals surface area contributed by atoms with E-state index in [0.717, 1.165) is 27.8 Å². The Bertz CT molecular complexity index is 3540. The van der Waals surface area contributed by atoms with Crippen molar-refractivity contribution in [1.82, 2.24) is 0 Å². The maximum absolute atomic E-state index is 6.75. The van der Waals surface area contributed by atoms with Gasteiger partial charge in [-0.1, -0.05) is 182 Å². The molecule has 11 aromatic carbocycles. The van der Waals surface area contributed by atoms with E-state index in [-0.39, 0.29) is 6.23 Å². The molecule has 290 valence electrons. The van der Waals surface area contributed by atoms with Crippen molar-refractivity contribution in [3.63, 3.8) is 0 Å². The molecule has 0 saturated heterocycles. The van der Waals surface area contributed by atoms with Crippen LogP contribution in [0.5, 0.6) is 5.75 Å². The maximum Gasteiger partial charge on any atom is 0.196 e. The zero-order valence-corrected chi connectivity index (χ0v) is 33.8. The summed E-state index contributed by atoms with van der Waals surface area (Å²) in [6.45, 7) is 0. The van der Waals surface area contributed by atoms with Gasteiger partial charge in [0.25, 0.3) is 0 Å². The van der Waals surface area contributed by atoms with Gasteiger partial charge < -0.3 is 10.1 Å². The second-order valence-electron chi connectivity index (χ2n) is 16.8. The number of fused-ring (bicyclic) bond motifs is 10. The lowest BCUT2D eigenvalue weighted by Crippen LogP contribution is -2.28. The molecule has 1 N–H and O–H groups in total. The van der Waals surface area contributed by atoms with Gasteiger partial charge in [-0.15, -0.1) is 0 Å². The van der Waals surface area contributed by atoms with Gasteiger partial charge in [0.2, 0.25) is 0 Å². The predicted molar refractivity (Wildman–Crippen MR) is 258 cm³/mol. The van der Waals surface area contributed by atoms with Crippen LogP contribution in [0.1, 0.15) is 34.0 Å². The van der Waals surface area contributed by atoms with Crippen LogP contribution in [0.3, 0.4) is 0 Å². The van der Waals surface area contributed by atoms with E-state index >= 15 is 0 Å². The summed E-state index contributed by atoms with van der Waals surface area (Å²) >= 11 is 0. The summed E-state index contributed by atoms with van der Waals surface area (Å²) in [5.74, 6) is 0.908. The van der Waals surface area contributed by atoms with Crippen molar-refractivity contribution in [2.45, 2.75) is 11.6 Å². The van der Waals surface area contributed by atoms with Crippen LogP contribution in [0, 0.1) is 0 Å². The van der Waals surface area contributed by atoms with Crippen LogP contribution in [0.15, 0.2) is 224 Å². The summed E-state index contributed by atoms with van der Waals surface area (Å²) in [5.41, 5.74) is 14.1. The van der Waals surface area contributed by atoms with E-state index in [4.69, 9.17) is 4.74 Å². The maximum atomic E-state index is 6.75. The summed E-state index contributed by atoms with van der Waals surface area (Å²) < 4.78 is 6.75. The molecule has 2 heteroatoms. The highest BCUT2D eigenvalue weighted by Gasteiger charge is 2.46. The lowest BCUT2D eigenvalue weighted by atomic mass is 9.67. The lowest BCUT2D eigenvalue weighted by Gasteiger charge is -2.34. The van der Waals surface area contributed by atoms with Gasteiger partial charge in [0, 0.05) is 10.9 Å². The van der Waals surface area contributed by atoms with Crippen LogP contribution in [-0.4, -0.2) is 0 Å². The Balaban J connectivity index is 1.02. The van der Waals surface area contributed by atoms with Gasteiger partial charge in [0.05, 0.1) is 11.1 Å². The zero-order chi connectivity index (χ0) is 40.8. The quantitative estimate of drug-likeness (QED) is 0.175. The Kier molecular flexibility index (Phi) is 7.62. The van der Waals surface area contributed by atoms with Gasteiger partial charge in [-0.05, 0) is 136 Å². The van der Waals surface area contributed by atoms with Crippen LogP contribution < -0.4 is 10.1 Å². The van der Waals surface area contributed by atoms with Crippen molar-refractivity contribution < 1.29 is 4.74 Å². The first-order valence-electron chi connectivity index (χ1n) is 21.5. The van der Waals surface area contributed by atoms with Gasteiger partial charge in [0.1, 0.15) is 0 Å². The normalized spacial score (nSPS) is 14.7. The molecule has 0 saturated carbocycles. The summed E-state index contributed by atoms with van der Waals surface area (Å²) in [7, 11) is 0. The first kappa shape index (κ1) is 34.9. The van der Waals surface area contributed by atoms with E-state index in [1.165, 1.54) is 88.0 Å². The van der Waals surface area contributed by atoms with Crippen LogP contribution in [0.4, 0.5) is 5.69 Å². The number of rotatable bonds is 5. The first-order chi connectivity index (χ1) is 30.7. The number of nitrogens with one attached hydrogen (secondary N) is 1. The fourth-order valence-electron chi connectivity index (χ4n) is 10.7. The molecule has 62 heavy (non-hydrogen) atoms. The average Bonchev–Trinajstić information content (AvgIpc) is 3.91. The van der Waals surface area contributed by atoms with Gasteiger partial charge in [0.15, 0.2) is 12.0 Å². The molecule has 1 heterocycles. The first-order valence-corrected chi connectivity index (χ1v) is 21.5. The predicted octanol–water partition coefficient (Wildman–Crippen LogP) is 15.5. The highest BCUT2D eigenvalue weighted by atomic mass is 16.5. The van der Waals surface area contributed by atoms with Crippen molar-refractivity contribution >= 4 is 48.8 Å². The van der Waals surface area contributed by atoms with Crippen molar-refractivity contribution in [1.29, 1.82) is 0 Å². The van der Waals surface area contributed by atoms with Crippen LogP contribution in [0.25, 0.3) is 76.5 Å². The van der Waals surface area contributed by atoms with Crippen LogP contribution >= 0.6 is 0 Å². The number of anilines is 1. The third-order valence-electron chi connectivity index (χ3n) is 13.5. The molecule has 2 aliphatic rings. The Morgan fingerprint density at radius 3 is 1.76 bits per heavy atom. The highest BCUT2D eigenvalue weighted by molar-refractivity contribution is 6.14. The lowest BCUT2D eigenvalue weighted by molar-refractivity contribution is 0.263. The van der Waals surface area contributed by atoms with Crippen LogP contribution in [-0.2, 0) is 5.41 Å². The van der Waals surface area contributed by atoms with Crippen molar-refractivity contribution in [3.8, 4) is 39.1 Å². The largest absolute Gasteiger partial charge is 0.464 e. The van der Waals surface area contributed by atoms with E-state index in [2.05, 4.69) is 224 Å². The van der Waals surface area contributed by atoms with Gasteiger partial charge >= 0.3 is 0 Å². The summed E-state index contributed by atoms with van der Waals surface area (Å²) in [6.07, 6.45) is -0.236. The van der Waals surface area contributed by atoms with E-state index in [1.807, 2.05) is 6.07 Å². The smallest absolute Gasteiger partial charge is 0.196 e. The molecule has 13 rings (SSSR count). The van der Waals surface area contributed by atoms with Crippen molar-refractivity contribution in [2.24, 2.45) is 0 Å². The monoisotopic (exact) mass is 789 g/mol. The second kappa shape index (κ2) is 13.5. The van der Waals surface area contributed by atoms with Gasteiger partial charge in [-0.3, -0.25) is 0 Å². The van der Waals surface area contributed by atoms with Crippen LogP contribution in [0.2, 0.25) is 0 Å². The molecular formula is C60H39NO. The molecule has 11 aromatic rings. The number of hydrogen-bond acceptors (Lipinski definition) is 2. The molecule has 2 nitrogen and oxygen atoms in total. The minimum Gasteiger partial charge on any atom is -0.464 e. The number of hydrogen-bond donors (Lipinski definition) is 1.